The van der Waals surface area contributed by atoms with Gasteiger partial charge in [0.05, 0.1) is 18.6 Å². The van der Waals surface area contributed by atoms with E-state index in [1.807, 2.05) is 13.8 Å². The van der Waals surface area contributed by atoms with Crippen LogP contribution in [0.4, 0.5) is 0 Å². The average Bonchev–Trinajstić information content (AvgIpc) is 2.76. The molecule has 2 N–H and O–H groups in total. The molecule has 94 valence electrons. The van der Waals surface area contributed by atoms with Crippen LogP contribution in [0.25, 0.3) is 0 Å². The summed E-state index contributed by atoms with van der Waals surface area (Å²) < 4.78 is 5.19. The fourth-order valence-corrected chi connectivity index (χ4v) is 2.51. The standard InChI is InChI=1S/C12H19N3O2/c1-4-12(11(16)17-5-2)10-9(13-7-14-10)6-8(3)15-12/h7-8,15H,4-6H2,1-3H3,(H,13,14). The maximum Gasteiger partial charge on any atom is 0.332 e. The van der Waals surface area contributed by atoms with E-state index in [1.165, 1.54) is 0 Å². The number of ether oxygens (including phenoxy) is 1. The van der Waals surface area contributed by atoms with Gasteiger partial charge in [0.15, 0.2) is 5.54 Å². The Bertz CT molecular complexity index is 416. The molecule has 0 amide bonds. The number of imidazole rings is 1. The molecule has 1 aliphatic heterocycles. The Balaban J connectivity index is 2.44. The van der Waals surface area contributed by atoms with Crippen LogP contribution in [0.1, 0.15) is 38.6 Å². The highest BCUT2D eigenvalue weighted by molar-refractivity contribution is 5.82. The minimum atomic E-state index is -0.789. The number of aromatic nitrogens is 2. The highest BCUT2D eigenvalue weighted by Gasteiger charge is 2.47. The Labute approximate surface area is 101 Å². The molecule has 0 radical (unpaired) electrons. The molecule has 0 spiro atoms. The summed E-state index contributed by atoms with van der Waals surface area (Å²) in [6.45, 7) is 6.24. The van der Waals surface area contributed by atoms with Crippen molar-refractivity contribution in [1.82, 2.24) is 15.3 Å². The molecule has 1 aromatic heterocycles. The van der Waals surface area contributed by atoms with E-state index >= 15 is 0 Å². The van der Waals surface area contributed by atoms with Crippen LogP contribution in [0, 0.1) is 0 Å². The molecule has 2 heterocycles. The third-order valence-corrected chi connectivity index (χ3v) is 3.28. The molecular formula is C12H19N3O2. The first-order valence-electron chi connectivity index (χ1n) is 6.11. The average molecular weight is 237 g/mol. The van der Waals surface area contributed by atoms with Crippen LogP contribution in [-0.2, 0) is 21.5 Å². The molecule has 0 aliphatic carbocycles. The van der Waals surface area contributed by atoms with Gasteiger partial charge in [-0.1, -0.05) is 6.92 Å². The topological polar surface area (TPSA) is 67.0 Å². The summed E-state index contributed by atoms with van der Waals surface area (Å²) in [6.07, 6.45) is 3.14. The van der Waals surface area contributed by atoms with Gasteiger partial charge in [0.1, 0.15) is 0 Å². The quantitative estimate of drug-likeness (QED) is 0.773. The third kappa shape index (κ3) is 1.84. The third-order valence-electron chi connectivity index (χ3n) is 3.28. The van der Waals surface area contributed by atoms with E-state index in [9.17, 15) is 4.79 Å². The summed E-state index contributed by atoms with van der Waals surface area (Å²) in [5.74, 6) is -0.234. The van der Waals surface area contributed by atoms with E-state index in [4.69, 9.17) is 4.74 Å². The molecule has 5 heteroatoms. The number of nitrogens with zero attached hydrogens (tertiary/aromatic N) is 1. The highest BCUT2D eigenvalue weighted by atomic mass is 16.5. The predicted octanol–water partition coefficient (Wildman–Crippen LogP) is 1.11. The number of hydrogen-bond donors (Lipinski definition) is 2. The van der Waals surface area contributed by atoms with Gasteiger partial charge < -0.3 is 9.72 Å². The van der Waals surface area contributed by atoms with E-state index in [0.29, 0.717) is 13.0 Å². The molecule has 0 aromatic carbocycles. The zero-order valence-electron chi connectivity index (χ0n) is 10.5. The van der Waals surface area contributed by atoms with E-state index < -0.39 is 5.54 Å². The second-order valence-corrected chi connectivity index (χ2v) is 4.46. The van der Waals surface area contributed by atoms with E-state index in [0.717, 1.165) is 17.8 Å². The Morgan fingerprint density at radius 1 is 1.65 bits per heavy atom. The predicted molar refractivity (Wildman–Crippen MR) is 63.5 cm³/mol. The second-order valence-electron chi connectivity index (χ2n) is 4.46. The van der Waals surface area contributed by atoms with Crippen molar-refractivity contribution in [3.05, 3.63) is 17.7 Å². The van der Waals surface area contributed by atoms with Gasteiger partial charge in [0.25, 0.3) is 0 Å². The molecule has 0 fully saturated rings. The van der Waals surface area contributed by atoms with Gasteiger partial charge in [0, 0.05) is 18.2 Å². The number of rotatable bonds is 3. The van der Waals surface area contributed by atoms with Crippen molar-refractivity contribution in [2.45, 2.75) is 45.2 Å². The number of carbonyl (C=O) groups is 1. The normalized spacial score (nSPS) is 27.6. The Morgan fingerprint density at radius 3 is 3.06 bits per heavy atom. The van der Waals surface area contributed by atoms with Gasteiger partial charge in [-0.25, -0.2) is 9.78 Å². The molecule has 0 bridgehead atoms. The minimum Gasteiger partial charge on any atom is -0.464 e. The maximum absolute atomic E-state index is 12.2. The molecular weight excluding hydrogens is 218 g/mol. The first-order chi connectivity index (χ1) is 8.14. The van der Waals surface area contributed by atoms with Crippen LogP contribution in [0.15, 0.2) is 6.33 Å². The lowest BCUT2D eigenvalue weighted by molar-refractivity contribution is -0.153. The zero-order valence-corrected chi connectivity index (χ0v) is 10.5. The van der Waals surface area contributed by atoms with Crippen LogP contribution in [0.2, 0.25) is 0 Å². The lowest BCUT2D eigenvalue weighted by atomic mass is 9.84. The Hall–Kier alpha value is -1.36. The number of esters is 1. The van der Waals surface area contributed by atoms with Crippen LogP contribution >= 0.6 is 0 Å². The SMILES string of the molecule is CCOC(=O)C1(CC)NC(C)Cc2[nH]cnc21. The molecule has 2 atom stereocenters. The summed E-state index contributed by atoms with van der Waals surface area (Å²) >= 11 is 0. The highest BCUT2D eigenvalue weighted by Crippen LogP contribution is 2.32. The number of H-pyrrole nitrogens is 1. The van der Waals surface area contributed by atoms with Crippen molar-refractivity contribution in [1.29, 1.82) is 0 Å². The summed E-state index contributed by atoms with van der Waals surface area (Å²) in [4.78, 5) is 19.6. The van der Waals surface area contributed by atoms with Crippen molar-refractivity contribution in [3.8, 4) is 0 Å². The molecule has 1 aromatic rings. The van der Waals surface area contributed by atoms with Gasteiger partial charge in [-0.05, 0) is 20.3 Å². The molecule has 0 saturated carbocycles. The van der Waals surface area contributed by atoms with Crippen LogP contribution < -0.4 is 5.32 Å². The maximum atomic E-state index is 12.2. The number of nitrogens with one attached hydrogen (secondary N) is 2. The van der Waals surface area contributed by atoms with Gasteiger partial charge in [0.2, 0.25) is 0 Å². The van der Waals surface area contributed by atoms with Crippen molar-refractivity contribution < 1.29 is 9.53 Å². The van der Waals surface area contributed by atoms with Crippen molar-refractivity contribution in [2.75, 3.05) is 6.61 Å². The smallest absolute Gasteiger partial charge is 0.332 e. The largest absolute Gasteiger partial charge is 0.464 e. The summed E-state index contributed by atoms with van der Waals surface area (Å²) in [7, 11) is 0. The number of hydrogen-bond acceptors (Lipinski definition) is 4. The van der Waals surface area contributed by atoms with E-state index in [1.54, 1.807) is 6.33 Å². The van der Waals surface area contributed by atoms with Gasteiger partial charge in [-0.15, -0.1) is 0 Å². The van der Waals surface area contributed by atoms with Crippen molar-refractivity contribution in [2.24, 2.45) is 0 Å². The van der Waals surface area contributed by atoms with Crippen LogP contribution in [-0.4, -0.2) is 28.6 Å². The zero-order chi connectivity index (χ0) is 12.5. The number of aromatic amines is 1. The first kappa shape index (κ1) is 12.1. The van der Waals surface area contributed by atoms with E-state index in [-0.39, 0.29) is 12.0 Å². The van der Waals surface area contributed by atoms with E-state index in [2.05, 4.69) is 22.2 Å². The molecule has 5 nitrogen and oxygen atoms in total. The second kappa shape index (κ2) is 4.49. The molecule has 2 unspecified atom stereocenters. The first-order valence-corrected chi connectivity index (χ1v) is 6.11. The van der Waals surface area contributed by atoms with Crippen molar-refractivity contribution in [3.63, 3.8) is 0 Å². The molecule has 1 aliphatic rings. The summed E-state index contributed by atoms with van der Waals surface area (Å²) in [6, 6.07) is 0.229. The number of carbonyl (C=O) groups excluding carboxylic acids is 1. The van der Waals surface area contributed by atoms with Gasteiger partial charge in [-0.2, -0.15) is 0 Å². The summed E-state index contributed by atoms with van der Waals surface area (Å²) in [5, 5.41) is 3.35. The summed E-state index contributed by atoms with van der Waals surface area (Å²) in [5.41, 5.74) is 1.03. The Kier molecular flexibility index (Phi) is 3.19. The van der Waals surface area contributed by atoms with Crippen LogP contribution in [0.5, 0.6) is 0 Å². The fourth-order valence-electron chi connectivity index (χ4n) is 2.51. The number of fused-ring (bicyclic) bond motifs is 1. The fraction of sp³-hybridized carbons (Fsp3) is 0.667. The molecule has 17 heavy (non-hydrogen) atoms. The monoisotopic (exact) mass is 237 g/mol. The lowest BCUT2D eigenvalue weighted by Gasteiger charge is -2.37. The molecule has 2 rings (SSSR count). The Morgan fingerprint density at radius 2 is 2.41 bits per heavy atom. The van der Waals surface area contributed by atoms with Crippen LogP contribution in [0.3, 0.4) is 0 Å². The molecule has 0 saturated heterocycles. The minimum absolute atomic E-state index is 0.229. The van der Waals surface area contributed by atoms with Gasteiger partial charge in [-0.3, -0.25) is 5.32 Å². The van der Waals surface area contributed by atoms with Gasteiger partial charge >= 0.3 is 5.97 Å². The van der Waals surface area contributed by atoms with Crippen molar-refractivity contribution >= 4 is 5.97 Å². The lowest BCUT2D eigenvalue weighted by Crippen LogP contribution is -2.57.